The van der Waals surface area contributed by atoms with Gasteiger partial charge < -0.3 is 15.8 Å². The van der Waals surface area contributed by atoms with Crippen LogP contribution >= 0.6 is 0 Å². The Morgan fingerprint density at radius 2 is 1.88 bits per heavy atom. The van der Waals surface area contributed by atoms with Crippen LogP contribution in [0, 0.1) is 5.82 Å². The molecule has 3 N–H and O–H groups in total. The molecule has 0 saturated heterocycles. The number of hydrogen-bond acceptors (Lipinski definition) is 5. The van der Waals surface area contributed by atoms with Crippen molar-refractivity contribution in [2.45, 2.75) is 43.1 Å². The fraction of sp³-hybridized carbons (Fsp3) is 0.562. The van der Waals surface area contributed by atoms with Gasteiger partial charge in [0.15, 0.2) is 9.84 Å². The molecule has 3 atom stereocenters. The predicted molar refractivity (Wildman–Crippen MR) is 88.9 cm³/mol. The molecule has 6 nitrogen and oxygen atoms in total. The first-order valence-electron chi connectivity index (χ1n) is 7.56. The number of halogens is 1. The van der Waals surface area contributed by atoms with Gasteiger partial charge in [0.2, 0.25) is 0 Å². The summed E-state index contributed by atoms with van der Waals surface area (Å²) in [6, 6.07) is 5.52. The van der Waals surface area contributed by atoms with E-state index < -0.39 is 44.1 Å². The van der Waals surface area contributed by atoms with Gasteiger partial charge in [-0.2, -0.15) is 0 Å². The van der Waals surface area contributed by atoms with Crippen molar-refractivity contribution in [3.8, 4) is 0 Å². The van der Waals surface area contributed by atoms with Crippen molar-refractivity contribution in [1.29, 1.82) is 0 Å². The highest BCUT2D eigenvalue weighted by Gasteiger charge is 2.70. The number of alkyl carbamates (subject to hydrolysis) is 1. The number of rotatable bonds is 4. The third kappa shape index (κ3) is 3.70. The first kappa shape index (κ1) is 18.7. The molecule has 0 heterocycles. The molecular weight excluding hydrogens is 335 g/mol. The molecule has 1 aliphatic carbocycles. The molecule has 0 aromatic heterocycles. The molecule has 0 unspecified atom stereocenters. The Morgan fingerprint density at radius 3 is 2.29 bits per heavy atom. The van der Waals surface area contributed by atoms with E-state index >= 15 is 0 Å². The quantitative estimate of drug-likeness (QED) is 0.851. The van der Waals surface area contributed by atoms with Crippen molar-refractivity contribution in [2.24, 2.45) is 5.73 Å². The second-order valence-electron chi connectivity index (χ2n) is 7.15. The molecule has 1 fully saturated rings. The first-order chi connectivity index (χ1) is 10.9. The van der Waals surface area contributed by atoms with Crippen LogP contribution in [0.2, 0.25) is 0 Å². The summed E-state index contributed by atoms with van der Waals surface area (Å²) >= 11 is 0. The highest BCUT2D eigenvalue weighted by Crippen LogP contribution is 2.55. The number of carbonyl (C=O) groups excluding carboxylic acids is 1. The lowest BCUT2D eigenvalue weighted by Gasteiger charge is -2.24. The number of nitrogens with two attached hydrogens (primary N) is 1. The summed E-state index contributed by atoms with van der Waals surface area (Å²) in [5.74, 6) is -0.973. The largest absolute Gasteiger partial charge is 0.444 e. The number of nitrogens with one attached hydrogen (secondary N) is 1. The molecule has 0 radical (unpaired) electrons. The van der Waals surface area contributed by atoms with E-state index in [0.29, 0.717) is 5.56 Å². The van der Waals surface area contributed by atoms with E-state index in [9.17, 15) is 17.6 Å². The van der Waals surface area contributed by atoms with Crippen molar-refractivity contribution in [3.05, 3.63) is 35.6 Å². The Balaban J connectivity index is 2.34. The van der Waals surface area contributed by atoms with Gasteiger partial charge in [0.05, 0.1) is 10.8 Å². The van der Waals surface area contributed by atoms with E-state index in [-0.39, 0.29) is 6.54 Å². The number of carbonyl (C=O) groups is 1. The van der Waals surface area contributed by atoms with Crippen LogP contribution in [0.1, 0.15) is 32.3 Å². The van der Waals surface area contributed by atoms with E-state index in [0.717, 1.165) is 6.26 Å². The number of ether oxygens (including phenoxy) is 1. The van der Waals surface area contributed by atoms with Crippen LogP contribution in [-0.2, 0) is 14.6 Å². The smallest absolute Gasteiger partial charge is 0.408 e. The third-order valence-corrected chi connectivity index (χ3v) is 5.63. The predicted octanol–water partition coefficient (Wildman–Crippen LogP) is 1.56. The average molecular weight is 358 g/mol. The van der Waals surface area contributed by atoms with Gasteiger partial charge in [0, 0.05) is 18.7 Å². The molecule has 0 bridgehead atoms. The molecule has 8 heteroatoms. The topological polar surface area (TPSA) is 98.5 Å². The van der Waals surface area contributed by atoms with Crippen molar-refractivity contribution in [3.63, 3.8) is 0 Å². The summed E-state index contributed by atoms with van der Waals surface area (Å²) in [7, 11) is -3.49. The Bertz CT molecular complexity index is 727. The number of sulfone groups is 1. The molecule has 0 spiro atoms. The third-order valence-electron chi connectivity index (χ3n) is 4.02. The monoisotopic (exact) mass is 358 g/mol. The van der Waals surface area contributed by atoms with Crippen LogP contribution in [0.15, 0.2) is 24.3 Å². The molecule has 1 aliphatic rings. The van der Waals surface area contributed by atoms with Crippen molar-refractivity contribution in [2.75, 3.05) is 12.8 Å². The average Bonchev–Trinajstić information content (AvgIpc) is 3.06. The Labute approximate surface area is 141 Å². The second-order valence-corrected chi connectivity index (χ2v) is 9.32. The van der Waals surface area contributed by atoms with Gasteiger partial charge in [-0.15, -0.1) is 0 Å². The van der Waals surface area contributed by atoms with Gasteiger partial charge in [-0.3, -0.25) is 0 Å². The molecule has 1 aromatic rings. The molecule has 1 aromatic carbocycles. The summed E-state index contributed by atoms with van der Waals surface area (Å²) in [6.45, 7) is 5.05. The van der Waals surface area contributed by atoms with Crippen molar-refractivity contribution < 1.29 is 22.3 Å². The summed E-state index contributed by atoms with van der Waals surface area (Å²) in [4.78, 5) is 12.1. The van der Waals surface area contributed by atoms with E-state index in [2.05, 4.69) is 5.32 Å². The maximum absolute atomic E-state index is 13.1. The number of benzene rings is 1. The van der Waals surface area contributed by atoms with E-state index in [4.69, 9.17) is 10.5 Å². The fourth-order valence-corrected chi connectivity index (χ4v) is 4.99. The molecule has 2 rings (SSSR count). The van der Waals surface area contributed by atoms with Gasteiger partial charge in [-0.25, -0.2) is 17.6 Å². The number of hydrogen-bond donors (Lipinski definition) is 2. The Kier molecular flexibility index (Phi) is 4.67. The molecule has 1 amide bonds. The molecule has 134 valence electrons. The van der Waals surface area contributed by atoms with Crippen LogP contribution in [0.4, 0.5) is 9.18 Å². The van der Waals surface area contributed by atoms with E-state index in [1.807, 2.05) is 0 Å². The van der Waals surface area contributed by atoms with Gasteiger partial charge in [-0.1, -0.05) is 12.1 Å². The van der Waals surface area contributed by atoms with Crippen LogP contribution in [0.25, 0.3) is 0 Å². The minimum absolute atomic E-state index is 0.0774. The van der Waals surface area contributed by atoms with E-state index in [1.54, 1.807) is 20.8 Å². The summed E-state index contributed by atoms with van der Waals surface area (Å²) in [5.41, 5.74) is 4.54. The van der Waals surface area contributed by atoms with Crippen LogP contribution in [-0.4, -0.2) is 43.7 Å². The van der Waals surface area contributed by atoms with Crippen LogP contribution in [0.5, 0.6) is 0 Å². The Morgan fingerprint density at radius 1 is 1.33 bits per heavy atom. The van der Waals surface area contributed by atoms with Gasteiger partial charge in [-0.05, 0) is 38.5 Å². The zero-order valence-corrected chi connectivity index (χ0v) is 15.0. The Hall–Kier alpha value is -1.67. The van der Waals surface area contributed by atoms with Gasteiger partial charge >= 0.3 is 6.09 Å². The standard InChI is InChI=1S/C16H23FN2O4S/c1-15(2,3)23-14(20)19-16(9-18)12(13(16)24(4,21)22)10-5-7-11(17)8-6-10/h5-8,12-13H,9,18H2,1-4H3,(H,19,20)/t12-,13-,16-/m0/s1. The normalized spacial score (nSPS) is 26.8. The molecular formula is C16H23FN2O4S. The maximum atomic E-state index is 13.1. The summed E-state index contributed by atoms with van der Waals surface area (Å²) < 4.78 is 42.7. The minimum Gasteiger partial charge on any atom is -0.444 e. The van der Waals surface area contributed by atoms with Gasteiger partial charge in [0.25, 0.3) is 0 Å². The fourth-order valence-electron chi connectivity index (χ4n) is 3.11. The molecule has 24 heavy (non-hydrogen) atoms. The zero-order chi connectivity index (χ0) is 18.3. The zero-order valence-electron chi connectivity index (χ0n) is 14.2. The highest BCUT2D eigenvalue weighted by atomic mass is 32.2. The van der Waals surface area contributed by atoms with Crippen molar-refractivity contribution >= 4 is 15.9 Å². The lowest BCUT2D eigenvalue weighted by molar-refractivity contribution is 0.0497. The number of amides is 1. The summed E-state index contributed by atoms with van der Waals surface area (Å²) in [5, 5.41) is 1.75. The van der Waals surface area contributed by atoms with E-state index in [1.165, 1.54) is 24.3 Å². The van der Waals surface area contributed by atoms with Crippen LogP contribution in [0.3, 0.4) is 0 Å². The second kappa shape index (κ2) is 6.00. The molecule has 1 saturated carbocycles. The van der Waals surface area contributed by atoms with Crippen LogP contribution < -0.4 is 11.1 Å². The summed E-state index contributed by atoms with van der Waals surface area (Å²) in [6.07, 6.45) is 0.369. The van der Waals surface area contributed by atoms with Crippen molar-refractivity contribution in [1.82, 2.24) is 5.32 Å². The first-order valence-corrected chi connectivity index (χ1v) is 9.52. The SMILES string of the molecule is CC(C)(C)OC(=O)N[C@@]1(CN)[C@@H](c2ccc(F)cc2)[C@@H]1S(C)(=O)=O. The maximum Gasteiger partial charge on any atom is 0.408 e. The lowest BCUT2D eigenvalue weighted by Crippen LogP contribution is -2.48. The van der Waals surface area contributed by atoms with Gasteiger partial charge in [0.1, 0.15) is 11.4 Å². The minimum atomic E-state index is -3.49. The lowest BCUT2D eigenvalue weighted by atomic mass is 10.1. The molecule has 0 aliphatic heterocycles. The highest BCUT2D eigenvalue weighted by molar-refractivity contribution is 7.91.